The normalized spacial score (nSPS) is 15.7. The smallest absolute Gasteiger partial charge is 0.258 e. The summed E-state index contributed by atoms with van der Waals surface area (Å²) in [6.45, 7) is 1.98. The van der Waals surface area contributed by atoms with Gasteiger partial charge in [-0.05, 0) is 30.7 Å². The molecule has 1 atom stereocenters. The lowest BCUT2D eigenvalue weighted by molar-refractivity contribution is 0.102. The van der Waals surface area contributed by atoms with Crippen molar-refractivity contribution >= 4 is 17.8 Å². The van der Waals surface area contributed by atoms with Gasteiger partial charge in [0.25, 0.3) is 11.9 Å². The number of hydrogen-bond acceptors (Lipinski definition) is 4. The van der Waals surface area contributed by atoms with E-state index in [2.05, 4.69) is 26.8 Å². The van der Waals surface area contributed by atoms with Crippen LogP contribution in [0, 0.1) is 0 Å². The van der Waals surface area contributed by atoms with Crippen molar-refractivity contribution in [2.45, 2.75) is 13.0 Å². The number of rotatable bonds is 3. The van der Waals surface area contributed by atoms with Gasteiger partial charge in [-0.25, -0.2) is 4.68 Å². The number of allylic oxidation sites excluding steroid dienone is 2. The summed E-state index contributed by atoms with van der Waals surface area (Å²) in [5.74, 6) is 0.655. The fourth-order valence-electron chi connectivity index (χ4n) is 2.83. The SMILES string of the molecule is CC1=C[C@H](c2ccccc2)n2nc(NC(=O)c3ccccc3)nc2N1. The van der Waals surface area contributed by atoms with Gasteiger partial charge in [-0.1, -0.05) is 48.5 Å². The van der Waals surface area contributed by atoms with Gasteiger partial charge in [-0.2, -0.15) is 4.98 Å². The summed E-state index contributed by atoms with van der Waals surface area (Å²) in [5.41, 5.74) is 2.67. The summed E-state index contributed by atoms with van der Waals surface area (Å²) in [6, 6.07) is 19.0. The first-order chi connectivity index (χ1) is 12.2. The Morgan fingerprint density at radius 3 is 2.48 bits per heavy atom. The maximum absolute atomic E-state index is 12.3. The molecule has 1 aromatic heterocycles. The zero-order chi connectivity index (χ0) is 17.2. The van der Waals surface area contributed by atoms with Gasteiger partial charge < -0.3 is 5.32 Å². The van der Waals surface area contributed by atoms with Crippen molar-refractivity contribution in [1.82, 2.24) is 14.8 Å². The van der Waals surface area contributed by atoms with Crippen LogP contribution in [0.2, 0.25) is 0 Å². The molecule has 1 aliphatic heterocycles. The molecule has 6 heteroatoms. The molecule has 0 radical (unpaired) electrons. The summed E-state index contributed by atoms with van der Waals surface area (Å²) in [7, 11) is 0. The molecule has 0 bridgehead atoms. The molecule has 2 heterocycles. The standard InChI is InChI=1S/C19H17N5O/c1-13-12-16(14-8-4-2-5-9-14)24-19(20-13)22-18(23-24)21-17(25)15-10-6-3-7-11-15/h2-12,16H,1H3,(H2,20,21,22,23,25)/t16-/m1/s1. The predicted octanol–water partition coefficient (Wildman–Crippen LogP) is 3.45. The van der Waals surface area contributed by atoms with Crippen molar-refractivity contribution in [2.75, 3.05) is 10.6 Å². The monoisotopic (exact) mass is 331 g/mol. The van der Waals surface area contributed by atoms with E-state index in [4.69, 9.17) is 0 Å². The quantitative estimate of drug-likeness (QED) is 0.771. The Morgan fingerprint density at radius 2 is 1.76 bits per heavy atom. The van der Waals surface area contributed by atoms with Gasteiger partial charge in [0.2, 0.25) is 5.95 Å². The molecule has 4 rings (SSSR count). The molecule has 2 N–H and O–H groups in total. The highest BCUT2D eigenvalue weighted by Gasteiger charge is 2.23. The van der Waals surface area contributed by atoms with Crippen LogP contribution in [0.4, 0.5) is 11.9 Å². The van der Waals surface area contributed by atoms with Crippen LogP contribution < -0.4 is 10.6 Å². The van der Waals surface area contributed by atoms with Gasteiger partial charge in [0.15, 0.2) is 0 Å². The van der Waals surface area contributed by atoms with Crippen LogP contribution in [0.3, 0.4) is 0 Å². The number of carbonyl (C=O) groups is 1. The number of amides is 1. The fourth-order valence-corrected chi connectivity index (χ4v) is 2.83. The lowest BCUT2D eigenvalue weighted by Crippen LogP contribution is -2.19. The number of anilines is 2. The van der Waals surface area contributed by atoms with Crippen molar-refractivity contribution in [2.24, 2.45) is 0 Å². The molecule has 25 heavy (non-hydrogen) atoms. The molecular weight excluding hydrogens is 314 g/mol. The third-order valence-corrected chi connectivity index (χ3v) is 4.01. The van der Waals surface area contributed by atoms with Gasteiger partial charge in [0.05, 0.1) is 0 Å². The minimum Gasteiger partial charge on any atom is -0.329 e. The zero-order valence-corrected chi connectivity index (χ0v) is 13.7. The first-order valence-electron chi connectivity index (χ1n) is 8.04. The van der Waals surface area contributed by atoms with E-state index in [9.17, 15) is 4.79 Å². The second-order valence-corrected chi connectivity index (χ2v) is 5.85. The van der Waals surface area contributed by atoms with Crippen LogP contribution in [0.15, 0.2) is 72.4 Å². The van der Waals surface area contributed by atoms with E-state index >= 15 is 0 Å². The van der Waals surface area contributed by atoms with Crippen LogP contribution in [0.5, 0.6) is 0 Å². The second kappa shape index (κ2) is 6.24. The van der Waals surface area contributed by atoms with Crippen LogP contribution in [0.1, 0.15) is 28.9 Å². The van der Waals surface area contributed by atoms with E-state index in [0.717, 1.165) is 11.3 Å². The molecule has 2 aromatic carbocycles. The lowest BCUT2D eigenvalue weighted by Gasteiger charge is -2.22. The Balaban J connectivity index is 1.64. The first-order valence-corrected chi connectivity index (χ1v) is 8.04. The molecule has 124 valence electrons. The highest BCUT2D eigenvalue weighted by Crippen LogP contribution is 2.29. The highest BCUT2D eigenvalue weighted by molar-refractivity contribution is 6.03. The van der Waals surface area contributed by atoms with E-state index in [1.807, 2.05) is 55.5 Å². The summed E-state index contributed by atoms with van der Waals surface area (Å²) in [6.07, 6.45) is 2.08. The topological polar surface area (TPSA) is 71.8 Å². The molecule has 1 aliphatic rings. The number of hydrogen-bond donors (Lipinski definition) is 2. The Morgan fingerprint density at radius 1 is 1.08 bits per heavy atom. The van der Waals surface area contributed by atoms with Crippen molar-refractivity contribution in [3.63, 3.8) is 0 Å². The predicted molar refractivity (Wildman–Crippen MR) is 96.4 cm³/mol. The van der Waals surface area contributed by atoms with Gasteiger partial charge in [0, 0.05) is 11.3 Å². The van der Waals surface area contributed by atoms with Gasteiger partial charge >= 0.3 is 0 Å². The molecule has 0 saturated heterocycles. The number of benzene rings is 2. The highest BCUT2D eigenvalue weighted by atomic mass is 16.1. The number of nitrogens with zero attached hydrogens (tertiary/aromatic N) is 3. The number of nitrogens with one attached hydrogen (secondary N) is 2. The Labute approximate surface area is 145 Å². The summed E-state index contributed by atoms with van der Waals surface area (Å²) < 4.78 is 1.78. The van der Waals surface area contributed by atoms with E-state index in [0.29, 0.717) is 11.5 Å². The van der Waals surface area contributed by atoms with Gasteiger partial charge in [0.1, 0.15) is 6.04 Å². The molecule has 6 nitrogen and oxygen atoms in total. The molecule has 0 spiro atoms. The van der Waals surface area contributed by atoms with E-state index in [1.54, 1.807) is 16.8 Å². The molecule has 0 fully saturated rings. The molecule has 0 saturated carbocycles. The summed E-state index contributed by atoms with van der Waals surface area (Å²) in [4.78, 5) is 16.7. The molecule has 3 aromatic rings. The average molecular weight is 331 g/mol. The van der Waals surface area contributed by atoms with Crippen LogP contribution in [0.25, 0.3) is 0 Å². The minimum atomic E-state index is -0.232. The van der Waals surface area contributed by atoms with Crippen LogP contribution in [-0.2, 0) is 0 Å². The van der Waals surface area contributed by atoms with Gasteiger partial charge in [-0.15, -0.1) is 5.10 Å². The molecule has 0 aliphatic carbocycles. The van der Waals surface area contributed by atoms with Gasteiger partial charge in [-0.3, -0.25) is 10.1 Å². The average Bonchev–Trinajstić information content (AvgIpc) is 3.04. The van der Waals surface area contributed by atoms with Crippen LogP contribution >= 0.6 is 0 Å². The summed E-state index contributed by atoms with van der Waals surface area (Å²) >= 11 is 0. The summed E-state index contributed by atoms with van der Waals surface area (Å²) in [5, 5.41) is 10.4. The largest absolute Gasteiger partial charge is 0.329 e. The van der Waals surface area contributed by atoms with E-state index < -0.39 is 0 Å². The zero-order valence-electron chi connectivity index (χ0n) is 13.7. The Hall–Kier alpha value is -3.41. The number of aromatic nitrogens is 3. The first kappa shape index (κ1) is 15.1. The third-order valence-electron chi connectivity index (χ3n) is 4.01. The third kappa shape index (κ3) is 3.01. The van der Waals surface area contributed by atoms with Crippen molar-refractivity contribution in [1.29, 1.82) is 0 Å². The number of carbonyl (C=O) groups excluding carboxylic acids is 1. The number of fused-ring (bicyclic) bond motifs is 1. The van der Waals surface area contributed by atoms with E-state index in [-0.39, 0.29) is 17.9 Å². The minimum absolute atomic E-state index is 0.0627. The van der Waals surface area contributed by atoms with Crippen molar-refractivity contribution < 1.29 is 4.79 Å². The van der Waals surface area contributed by atoms with Crippen molar-refractivity contribution in [3.05, 3.63) is 83.6 Å². The molecule has 0 unspecified atom stereocenters. The maximum Gasteiger partial charge on any atom is 0.258 e. The Kier molecular flexibility index (Phi) is 3.78. The van der Waals surface area contributed by atoms with Crippen molar-refractivity contribution in [3.8, 4) is 0 Å². The maximum atomic E-state index is 12.3. The molecular formula is C19H17N5O. The fraction of sp³-hybridized carbons (Fsp3) is 0.105. The second-order valence-electron chi connectivity index (χ2n) is 5.85. The lowest BCUT2D eigenvalue weighted by atomic mass is 10.1. The van der Waals surface area contributed by atoms with Crippen LogP contribution in [-0.4, -0.2) is 20.7 Å². The Bertz CT molecular complexity index is 931. The van der Waals surface area contributed by atoms with E-state index in [1.165, 1.54) is 0 Å². The molecule has 1 amide bonds.